The Bertz CT molecular complexity index is 417. The summed E-state index contributed by atoms with van der Waals surface area (Å²) in [6.07, 6.45) is 0. The fourth-order valence-electron chi connectivity index (χ4n) is 1.39. The maximum absolute atomic E-state index is 12.8. The van der Waals surface area contributed by atoms with Crippen LogP contribution in [0, 0.1) is 11.7 Å². The van der Waals surface area contributed by atoms with Crippen LogP contribution in [0.25, 0.3) is 0 Å². The summed E-state index contributed by atoms with van der Waals surface area (Å²) in [5.74, 6) is -0.217. The Balaban J connectivity index is 2.59. The number of hydrogen-bond donors (Lipinski definition) is 2. The number of nitrogens with one attached hydrogen (secondary N) is 1. The Kier molecular flexibility index (Phi) is 5.30. The summed E-state index contributed by atoms with van der Waals surface area (Å²) < 4.78 is 18.3. The van der Waals surface area contributed by atoms with Crippen LogP contribution >= 0.6 is 0 Å². The molecule has 1 amide bonds. The van der Waals surface area contributed by atoms with E-state index < -0.39 is 5.60 Å². The minimum atomic E-state index is -1.06. The van der Waals surface area contributed by atoms with E-state index in [0.717, 1.165) is 0 Å². The maximum atomic E-state index is 12.8. The van der Waals surface area contributed by atoms with E-state index in [0.29, 0.717) is 12.3 Å². The molecule has 0 saturated heterocycles. The highest BCUT2D eigenvalue weighted by Gasteiger charge is 2.29. The predicted molar refractivity (Wildman–Crippen MR) is 70.4 cm³/mol. The van der Waals surface area contributed by atoms with E-state index in [9.17, 15) is 9.18 Å². The van der Waals surface area contributed by atoms with Crippen LogP contribution in [0.4, 0.5) is 4.39 Å². The maximum Gasteiger partial charge on any atom is 0.263 e. The van der Waals surface area contributed by atoms with Gasteiger partial charge in [-0.3, -0.25) is 4.79 Å². The van der Waals surface area contributed by atoms with Crippen molar-refractivity contribution in [3.05, 3.63) is 30.1 Å². The van der Waals surface area contributed by atoms with Crippen molar-refractivity contribution in [1.29, 1.82) is 0 Å². The van der Waals surface area contributed by atoms with Gasteiger partial charge in [0.05, 0.1) is 0 Å². The van der Waals surface area contributed by atoms with Gasteiger partial charge in [-0.05, 0) is 44.0 Å². The molecule has 0 heterocycles. The number of ether oxygens (including phenoxy) is 1. The van der Waals surface area contributed by atoms with Crippen molar-refractivity contribution in [3.8, 4) is 5.75 Å². The van der Waals surface area contributed by atoms with Gasteiger partial charge in [0, 0.05) is 13.2 Å². The van der Waals surface area contributed by atoms with Gasteiger partial charge < -0.3 is 15.2 Å². The number of carbonyl (C=O) groups excluding carboxylic acids is 1. The summed E-state index contributed by atoms with van der Waals surface area (Å²) in [5, 5.41) is 11.6. The van der Waals surface area contributed by atoms with Crippen LogP contribution in [0.5, 0.6) is 5.75 Å². The average molecular weight is 269 g/mol. The summed E-state index contributed by atoms with van der Waals surface area (Å²) in [5.41, 5.74) is -1.06. The molecule has 0 aliphatic rings. The molecule has 2 N–H and O–H groups in total. The molecule has 0 radical (unpaired) electrons. The summed E-state index contributed by atoms with van der Waals surface area (Å²) in [6, 6.07) is 5.50. The molecule has 0 bridgehead atoms. The quantitative estimate of drug-likeness (QED) is 0.827. The van der Waals surface area contributed by atoms with Crippen LogP contribution in [0.1, 0.15) is 20.8 Å². The summed E-state index contributed by atoms with van der Waals surface area (Å²) in [6.45, 7) is 5.49. The lowest BCUT2D eigenvalue weighted by molar-refractivity contribution is -0.134. The first kappa shape index (κ1) is 15.4. The van der Waals surface area contributed by atoms with Crippen molar-refractivity contribution in [2.24, 2.45) is 5.92 Å². The summed E-state index contributed by atoms with van der Waals surface area (Å²) in [4.78, 5) is 12.0. The van der Waals surface area contributed by atoms with E-state index in [4.69, 9.17) is 9.84 Å². The second-order valence-corrected chi connectivity index (χ2v) is 5.06. The van der Waals surface area contributed by atoms with Crippen LogP contribution in [-0.2, 0) is 4.79 Å². The molecule has 0 aliphatic heterocycles. The highest BCUT2D eigenvalue weighted by molar-refractivity contribution is 5.84. The van der Waals surface area contributed by atoms with Gasteiger partial charge in [0.25, 0.3) is 5.91 Å². The molecule has 1 rings (SSSR count). The first-order chi connectivity index (χ1) is 8.85. The Morgan fingerprint density at radius 2 is 2.00 bits per heavy atom. The van der Waals surface area contributed by atoms with E-state index in [2.05, 4.69) is 5.32 Å². The highest BCUT2D eigenvalue weighted by Crippen LogP contribution is 2.18. The number of amides is 1. The van der Waals surface area contributed by atoms with Gasteiger partial charge in [0.2, 0.25) is 0 Å². The van der Waals surface area contributed by atoms with Crippen LogP contribution in [0.15, 0.2) is 24.3 Å². The molecule has 1 atom stereocenters. The summed E-state index contributed by atoms with van der Waals surface area (Å²) in [7, 11) is 0. The van der Waals surface area contributed by atoms with Crippen LogP contribution < -0.4 is 10.1 Å². The lowest BCUT2D eigenvalue weighted by Crippen LogP contribution is -2.47. The average Bonchev–Trinajstić information content (AvgIpc) is 2.37. The highest BCUT2D eigenvalue weighted by atomic mass is 19.1. The number of benzene rings is 1. The van der Waals surface area contributed by atoms with Gasteiger partial charge in [-0.25, -0.2) is 4.39 Å². The Morgan fingerprint density at radius 3 is 2.53 bits per heavy atom. The van der Waals surface area contributed by atoms with Crippen molar-refractivity contribution >= 4 is 5.91 Å². The van der Waals surface area contributed by atoms with Crippen LogP contribution in [0.2, 0.25) is 0 Å². The Labute approximate surface area is 112 Å². The molecule has 1 unspecified atom stereocenters. The first-order valence-electron chi connectivity index (χ1n) is 6.19. The zero-order chi connectivity index (χ0) is 14.5. The van der Waals surface area contributed by atoms with Gasteiger partial charge in [0.15, 0.2) is 5.60 Å². The lowest BCUT2D eigenvalue weighted by Gasteiger charge is -2.26. The van der Waals surface area contributed by atoms with Crippen molar-refractivity contribution in [2.45, 2.75) is 26.4 Å². The van der Waals surface area contributed by atoms with Crippen molar-refractivity contribution in [3.63, 3.8) is 0 Å². The van der Waals surface area contributed by atoms with Crippen LogP contribution in [0.3, 0.4) is 0 Å². The molecule has 0 aromatic heterocycles. The molecule has 0 aliphatic carbocycles. The number of rotatable bonds is 6. The van der Waals surface area contributed by atoms with E-state index >= 15 is 0 Å². The minimum absolute atomic E-state index is 0.00873. The van der Waals surface area contributed by atoms with Gasteiger partial charge in [-0.2, -0.15) is 0 Å². The molecule has 0 fully saturated rings. The number of aliphatic hydroxyl groups excluding tert-OH is 1. The van der Waals surface area contributed by atoms with Crippen molar-refractivity contribution in [1.82, 2.24) is 5.32 Å². The monoisotopic (exact) mass is 269 g/mol. The molecular weight excluding hydrogens is 249 g/mol. The van der Waals surface area contributed by atoms with E-state index in [-0.39, 0.29) is 24.2 Å². The number of hydrogen-bond acceptors (Lipinski definition) is 3. The van der Waals surface area contributed by atoms with Gasteiger partial charge in [-0.15, -0.1) is 0 Å². The zero-order valence-electron chi connectivity index (χ0n) is 11.4. The molecule has 19 heavy (non-hydrogen) atoms. The number of carbonyl (C=O) groups is 1. The fourth-order valence-corrected chi connectivity index (χ4v) is 1.39. The SMILES string of the molecule is CC(CO)CNC(=O)C(C)(C)Oc1ccc(F)cc1. The molecule has 1 aromatic carbocycles. The van der Waals surface area contributed by atoms with Crippen molar-refractivity contribution < 1.29 is 19.0 Å². The standard InChI is InChI=1S/C14H20FNO3/c1-10(9-17)8-16-13(18)14(2,3)19-12-6-4-11(15)5-7-12/h4-7,10,17H,8-9H2,1-3H3,(H,16,18). The fraction of sp³-hybridized carbons (Fsp3) is 0.500. The molecule has 4 nitrogen and oxygen atoms in total. The Morgan fingerprint density at radius 1 is 1.42 bits per heavy atom. The lowest BCUT2D eigenvalue weighted by atomic mass is 10.1. The van der Waals surface area contributed by atoms with E-state index in [1.807, 2.05) is 6.92 Å². The normalized spacial score (nSPS) is 12.9. The first-order valence-corrected chi connectivity index (χ1v) is 6.19. The van der Waals surface area contributed by atoms with Gasteiger partial charge in [0.1, 0.15) is 11.6 Å². The van der Waals surface area contributed by atoms with E-state index in [1.165, 1.54) is 24.3 Å². The van der Waals surface area contributed by atoms with Gasteiger partial charge in [-0.1, -0.05) is 6.92 Å². The van der Waals surface area contributed by atoms with E-state index in [1.54, 1.807) is 13.8 Å². The van der Waals surface area contributed by atoms with Crippen molar-refractivity contribution in [2.75, 3.05) is 13.2 Å². The third-order valence-corrected chi connectivity index (χ3v) is 2.66. The summed E-state index contributed by atoms with van der Waals surface area (Å²) >= 11 is 0. The smallest absolute Gasteiger partial charge is 0.263 e. The Hall–Kier alpha value is -1.62. The largest absolute Gasteiger partial charge is 0.478 e. The molecule has 0 saturated carbocycles. The topological polar surface area (TPSA) is 58.6 Å². The molecular formula is C14H20FNO3. The number of aliphatic hydroxyl groups is 1. The molecule has 106 valence electrons. The molecule has 5 heteroatoms. The number of halogens is 1. The second kappa shape index (κ2) is 6.52. The third kappa shape index (κ3) is 4.87. The van der Waals surface area contributed by atoms with Crippen LogP contribution in [-0.4, -0.2) is 29.8 Å². The molecule has 0 spiro atoms. The minimum Gasteiger partial charge on any atom is -0.478 e. The van der Waals surface area contributed by atoms with Gasteiger partial charge >= 0.3 is 0 Å². The zero-order valence-corrected chi connectivity index (χ0v) is 11.4. The predicted octanol–water partition coefficient (Wildman–Crippen LogP) is 1.73. The second-order valence-electron chi connectivity index (χ2n) is 5.06. The third-order valence-electron chi connectivity index (χ3n) is 2.66. The molecule has 1 aromatic rings.